The van der Waals surface area contributed by atoms with Gasteiger partial charge < -0.3 is 14.5 Å². The van der Waals surface area contributed by atoms with Crippen LogP contribution in [0.1, 0.15) is 49.4 Å². The Labute approximate surface area is 159 Å². The number of carbonyl (C=O) groups excluding carboxylic acids is 3. The van der Waals surface area contributed by atoms with Crippen molar-refractivity contribution < 1.29 is 23.9 Å². The van der Waals surface area contributed by atoms with Gasteiger partial charge in [-0.2, -0.15) is 0 Å². The summed E-state index contributed by atoms with van der Waals surface area (Å²) in [4.78, 5) is 44.1. The fourth-order valence-electron chi connectivity index (χ4n) is 2.86. The van der Waals surface area contributed by atoms with Crippen LogP contribution in [0.4, 0.5) is 0 Å². The smallest absolute Gasteiger partial charge is 0.340 e. The number of aryl methyl sites for hydroxylation is 2. The van der Waals surface area contributed by atoms with Crippen molar-refractivity contribution >= 4 is 39.3 Å². The van der Waals surface area contributed by atoms with E-state index in [1.165, 1.54) is 11.3 Å². The van der Waals surface area contributed by atoms with E-state index in [1.807, 2.05) is 0 Å². The molecule has 0 saturated carbocycles. The number of nitrogens with zero attached hydrogens (tertiary/aromatic N) is 1. The molecule has 0 spiro atoms. The minimum Gasteiger partial charge on any atom is -0.462 e. The molecule has 0 fully saturated rings. The molecule has 0 atom stereocenters. The van der Waals surface area contributed by atoms with Crippen molar-refractivity contribution in [2.75, 3.05) is 13.2 Å². The maximum absolute atomic E-state index is 12.6. The van der Waals surface area contributed by atoms with Crippen LogP contribution in [0, 0.1) is 13.8 Å². The average Bonchev–Trinajstić information content (AvgIpc) is 3.22. The fourth-order valence-corrected chi connectivity index (χ4v) is 3.57. The van der Waals surface area contributed by atoms with Crippen molar-refractivity contribution in [2.45, 2.75) is 20.8 Å². The van der Waals surface area contributed by atoms with Gasteiger partial charge in [0.25, 0.3) is 0 Å². The lowest BCUT2D eigenvalue weighted by molar-refractivity contribution is 0.0472. The summed E-state index contributed by atoms with van der Waals surface area (Å²) in [6.07, 6.45) is 0. The Hall–Kier alpha value is -3.00. The summed E-state index contributed by atoms with van der Waals surface area (Å²) in [7, 11) is 0. The van der Waals surface area contributed by atoms with Gasteiger partial charge in [0.05, 0.1) is 39.0 Å². The molecule has 2 heterocycles. The number of carbonyl (C=O) groups is 3. The molecule has 0 aliphatic heterocycles. The summed E-state index contributed by atoms with van der Waals surface area (Å²) < 4.78 is 11.0. The molecular weight excluding hydrogens is 368 g/mol. The van der Waals surface area contributed by atoms with Crippen LogP contribution >= 0.6 is 11.3 Å². The summed E-state index contributed by atoms with van der Waals surface area (Å²) >= 11 is 1.41. The highest BCUT2D eigenvalue weighted by molar-refractivity contribution is 7.16. The number of rotatable bonds is 6. The van der Waals surface area contributed by atoms with Crippen LogP contribution in [-0.2, 0) is 9.47 Å². The van der Waals surface area contributed by atoms with E-state index in [1.54, 1.807) is 44.5 Å². The van der Waals surface area contributed by atoms with Gasteiger partial charge in [-0.25, -0.2) is 14.6 Å². The Morgan fingerprint density at radius 3 is 2.56 bits per heavy atom. The van der Waals surface area contributed by atoms with Crippen molar-refractivity contribution in [3.05, 3.63) is 51.8 Å². The first-order valence-corrected chi connectivity index (χ1v) is 9.20. The number of ether oxygens (including phenoxy) is 2. The highest BCUT2D eigenvalue weighted by Gasteiger charge is 2.26. The van der Waals surface area contributed by atoms with Crippen LogP contribution in [0.5, 0.6) is 0 Å². The molecule has 0 amide bonds. The molecule has 1 N–H and O–H groups in total. The molecule has 7 nitrogen and oxygen atoms in total. The van der Waals surface area contributed by atoms with E-state index in [0.29, 0.717) is 17.0 Å². The lowest BCUT2D eigenvalue weighted by atomic mass is 10.1. The summed E-state index contributed by atoms with van der Waals surface area (Å²) in [5, 5.41) is 0. The molecule has 0 aliphatic carbocycles. The Kier molecular flexibility index (Phi) is 5.36. The molecule has 0 radical (unpaired) electrons. The monoisotopic (exact) mass is 386 g/mol. The summed E-state index contributed by atoms with van der Waals surface area (Å²) in [5.74, 6) is -1.65. The topological polar surface area (TPSA) is 98.4 Å². The van der Waals surface area contributed by atoms with Crippen molar-refractivity contribution in [3.63, 3.8) is 0 Å². The third kappa shape index (κ3) is 3.75. The van der Waals surface area contributed by atoms with E-state index in [9.17, 15) is 14.4 Å². The number of hydrogen-bond donors (Lipinski definition) is 1. The predicted octanol–water partition coefficient (Wildman–Crippen LogP) is 3.46. The number of Topliss-reactive ketones (excluding diaryl/α,β-unsaturated/α-hetero) is 1. The maximum Gasteiger partial charge on any atom is 0.340 e. The van der Waals surface area contributed by atoms with Gasteiger partial charge in [0.1, 0.15) is 0 Å². The molecular formula is C19H18N2O5S. The number of ketones is 1. The van der Waals surface area contributed by atoms with Crippen LogP contribution in [0.2, 0.25) is 0 Å². The molecule has 1 aromatic carbocycles. The van der Waals surface area contributed by atoms with Crippen LogP contribution in [-0.4, -0.2) is 40.9 Å². The van der Waals surface area contributed by atoms with Gasteiger partial charge in [-0.05, 0) is 39.0 Å². The van der Waals surface area contributed by atoms with E-state index >= 15 is 0 Å². The lowest BCUT2D eigenvalue weighted by Crippen LogP contribution is -2.18. The second-order valence-electron chi connectivity index (χ2n) is 5.88. The number of esters is 2. The van der Waals surface area contributed by atoms with E-state index in [4.69, 9.17) is 9.47 Å². The number of hydrogen-bond acceptors (Lipinski definition) is 7. The Morgan fingerprint density at radius 1 is 1.07 bits per heavy atom. The molecule has 3 rings (SSSR count). The van der Waals surface area contributed by atoms with Gasteiger partial charge in [0.15, 0.2) is 6.61 Å². The molecule has 0 bridgehead atoms. The van der Waals surface area contributed by atoms with Gasteiger partial charge in [0, 0.05) is 11.4 Å². The lowest BCUT2D eigenvalue weighted by Gasteiger charge is -2.07. The number of benzene rings is 1. The Morgan fingerprint density at radius 2 is 1.81 bits per heavy atom. The van der Waals surface area contributed by atoms with Gasteiger partial charge >= 0.3 is 11.9 Å². The Bertz CT molecular complexity index is 1030. The van der Waals surface area contributed by atoms with Crippen molar-refractivity contribution in [1.29, 1.82) is 0 Å². The van der Waals surface area contributed by atoms with E-state index < -0.39 is 24.3 Å². The quantitative estimate of drug-likeness (QED) is 0.515. The number of H-pyrrole nitrogens is 1. The van der Waals surface area contributed by atoms with Crippen LogP contribution < -0.4 is 0 Å². The van der Waals surface area contributed by atoms with Gasteiger partial charge in [-0.3, -0.25) is 4.79 Å². The highest BCUT2D eigenvalue weighted by atomic mass is 32.1. The van der Waals surface area contributed by atoms with Gasteiger partial charge in [-0.1, -0.05) is 0 Å². The predicted molar refractivity (Wildman–Crippen MR) is 100 cm³/mol. The minimum atomic E-state index is -0.610. The second-order valence-corrected chi connectivity index (χ2v) is 6.77. The van der Waals surface area contributed by atoms with Crippen LogP contribution in [0.3, 0.4) is 0 Å². The van der Waals surface area contributed by atoms with Gasteiger partial charge in [0.2, 0.25) is 5.78 Å². The molecule has 0 aliphatic rings. The molecule has 8 heteroatoms. The number of aromatic nitrogens is 2. The van der Waals surface area contributed by atoms with Crippen LogP contribution in [0.25, 0.3) is 10.2 Å². The Balaban J connectivity index is 1.75. The summed E-state index contributed by atoms with van der Waals surface area (Å²) in [6.45, 7) is 4.79. The molecule has 27 heavy (non-hydrogen) atoms. The fraction of sp³-hybridized carbons (Fsp3) is 0.263. The van der Waals surface area contributed by atoms with Crippen LogP contribution in [0.15, 0.2) is 23.7 Å². The zero-order chi connectivity index (χ0) is 19.6. The van der Waals surface area contributed by atoms with E-state index in [-0.39, 0.29) is 17.7 Å². The standard InChI is InChI=1S/C19H18N2O5S/c1-4-25-19(24)17-11(3)21-10(2)16(17)14(22)8-26-18(23)12-5-6-13-15(7-12)27-9-20-13/h5-7,9,21H,4,8H2,1-3H3. The molecule has 3 aromatic rings. The summed E-state index contributed by atoms with van der Waals surface area (Å²) in [6, 6.07) is 5.00. The molecule has 0 saturated heterocycles. The maximum atomic E-state index is 12.6. The first kappa shape index (κ1) is 18.8. The molecule has 140 valence electrons. The van der Waals surface area contributed by atoms with E-state index in [2.05, 4.69) is 9.97 Å². The van der Waals surface area contributed by atoms with Crippen molar-refractivity contribution in [2.24, 2.45) is 0 Å². The van der Waals surface area contributed by atoms with Crippen molar-refractivity contribution in [1.82, 2.24) is 9.97 Å². The largest absolute Gasteiger partial charge is 0.462 e. The van der Waals surface area contributed by atoms with Gasteiger partial charge in [-0.15, -0.1) is 11.3 Å². The third-order valence-corrected chi connectivity index (χ3v) is 4.83. The zero-order valence-electron chi connectivity index (χ0n) is 15.1. The number of nitrogens with one attached hydrogen (secondary N) is 1. The third-order valence-electron chi connectivity index (χ3n) is 4.03. The molecule has 2 aromatic heterocycles. The first-order chi connectivity index (χ1) is 12.9. The average molecular weight is 386 g/mol. The second kappa shape index (κ2) is 7.71. The van der Waals surface area contributed by atoms with Crippen molar-refractivity contribution in [3.8, 4) is 0 Å². The molecule has 0 unspecified atom stereocenters. The number of aromatic amines is 1. The van der Waals surface area contributed by atoms with E-state index in [0.717, 1.165) is 10.2 Å². The minimum absolute atomic E-state index is 0.182. The number of fused-ring (bicyclic) bond motifs is 1. The SMILES string of the molecule is CCOC(=O)c1c(C)[nH]c(C)c1C(=O)COC(=O)c1ccc2ncsc2c1. The normalized spacial score (nSPS) is 10.8. The summed E-state index contributed by atoms with van der Waals surface area (Å²) in [5.41, 5.74) is 4.27. The first-order valence-electron chi connectivity index (χ1n) is 8.32. The highest BCUT2D eigenvalue weighted by Crippen LogP contribution is 2.22. The zero-order valence-corrected chi connectivity index (χ0v) is 15.9. The number of thiazole rings is 1.